The van der Waals surface area contributed by atoms with Gasteiger partial charge < -0.3 is 24.6 Å². The van der Waals surface area contributed by atoms with Crippen molar-refractivity contribution >= 4 is 0 Å². The van der Waals surface area contributed by atoms with Crippen molar-refractivity contribution in [2.45, 2.75) is 13.0 Å². The van der Waals surface area contributed by atoms with Crippen LogP contribution in [0, 0.1) is 0 Å². The highest BCUT2D eigenvalue weighted by atomic mass is 16.5. The van der Waals surface area contributed by atoms with Crippen molar-refractivity contribution in [3.63, 3.8) is 0 Å². The second-order valence-electron chi connectivity index (χ2n) is 3.79. The third-order valence-electron chi connectivity index (χ3n) is 2.57. The van der Waals surface area contributed by atoms with Crippen LogP contribution in [0.3, 0.4) is 0 Å². The number of hydrogen-bond donors (Lipinski definition) is 2. The highest BCUT2D eigenvalue weighted by molar-refractivity contribution is 5.53. The average Bonchev–Trinajstić information content (AvgIpc) is 2.42. The molecule has 0 saturated carbocycles. The standard InChI is InChI=1S/C13H21NO4/c1-16-11-7-10(9-14-5-4-6-15)8-12(17-2)13(11)18-3/h7-8,14-15H,4-6,9H2,1-3H3. The summed E-state index contributed by atoms with van der Waals surface area (Å²) in [6, 6.07) is 3.82. The molecule has 0 radical (unpaired) electrons. The van der Waals surface area contributed by atoms with Crippen molar-refractivity contribution in [1.82, 2.24) is 5.32 Å². The van der Waals surface area contributed by atoms with Crippen molar-refractivity contribution in [3.05, 3.63) is 17.7 Å². The molecule has 1 aromatic rings. The summed E-state index contributed by atoms with van der Waals surface area (Å²) in [6.45, 7) is 1.66. The van der Waals surface area contributed by atoms with Crippen LogP contribution in [-0.2, 0) is 6.54 Å². The van der Waals surface area contributed by atoms with Gasteiger partial charge in [-0.25, -0.2) is 0 Å². The molecule has 0 unspecified atom stereocenters. The molecule has 1 aromatic carbocycles. The minimum absolute atomic E-state index is 0.197. The summed E-state index contributed by atoms with van der Waals surface area (Å²) < 4.78 is 15.8. The number of ether oxygens (including phenoxy) is 3. The maximum absolute atomic E-state index is 8.70. The van der Waals surface area contributed by atoms with Gasteiger partial charge in [-0.2, -0.15) is 0 Å². The van der Waals surface area contributed by atoms with Crippen molar-refractivity contribution in [2.24, 2.45) is 0 Å². The number of nitrogens with one attached hydrogen (secondary N) is 1. The Morgan fingerprint density at radius 1 is 1.06 bits per heavy atom. The van der Waals surface area contributed by atoms with E-state index in [0.29, 0.717) is 23.8 Å². The summed E-state index contributed by atoms with van der Waals surface area (Å²) in [5, 5.41) is 11.9. The van der Waals surface area contributed by atoms with E-state index in [2.05, 4.69) is 5.32 Å². The molecule has 0 aromatic heterocycles. The Morgan fingerprint density at radius 2 is 1.67 bits per heavy atom. The molecule has 1 rings (SSSR count). The zero-order valence-corrected chi connectivity index (χ0v) is 11.2. The highest BCUT2D eigenvalue weighted by Gasteiger charge is 2.12. The van der Waals surface area contributed by atoms with Crippen LogP contribution in [0.5, 0.6) is 17.2 Å². The van der Waals surface area contributed by atoms with E-state index in [1.165, 1.54) is 0 Å². The maximum atomic E-state index is 8.70. The van der Waals surface area contributed by atoms with Crippen LogP contribution in [0.15, 0.2) is 12.1 Å². The number of benzene rings is 1. The number of hydrogen-bond acceptors (Lipinski definition) is 5. The molecule has 0 bridgehead atoms. The first kappa shape index (κ1) is 14.6. The van der Waals surface area contributed by atoms with Crippen LogP contribution in [-0.4, -0.2) is 39.6 Å². The van der Waals surface area contributed by atoms with E-state index < -0.39 is 0 Å². The molecule has 18 heavy (non-hydrogen) atoms. The molecular weight excluding hydrogens is 234 g/mol. The molecule has 0 atom stereocenters. The summed E-state index contributed by atoms with van der Waals surface area (Å²) in [4.78, 5) is 0. The number of methoxy groups -OCH3 is 3. The SMILES string of the molecule is COc1cc(CNCCCO)cc(OC)c1OC. The summed E-state index contributed by atoms with van der Waals surface area (Å²) in [5.74, 6) is 1.89. The van der Waals surface area contributed by atoms with E-state index in [9.17, 15) is 0 Å². The lowest BCUT2D eigenvalue weighted by Crippen LogP contribution is -2.15. The van der Waals surface area contributed by atoms with Gasteiger partial charge in [0.25, 0.3) is 0 Å². The monoisotopic (exact) mass is 255 g/mol. The highest BCUT2D eigenvalue weighted by Crippen LogP contribution is 2.38. The Kier molecular flexibility index (Phi) is 6.32. The first-order chi connectivity index (χ1) is 8.76. The van der Waals surface area contributed by atoms with Crippen LogP contribution >= 0.6 is 0 Å². The molecule has 5 nitrogen and oxygen atoms in total. The minimum Gasteiger partial charge on any atom is -0.493 e. The number of aliphatic hydroxyl groups excluding tert-OH is 1. The van der Waals surface area contributed by atoms with Gasteiger partial charge in [0, 0.05) is 13.2 Å². The molecule has 0 aliphatic carbocycles. The zero-order chi connectivity index (χ0) is 13.4. The van der Waals surface area contributed by atoms with Crippen LogP contribution in [0.4, 0.5) is 0 Å². The third kappa shape index (κ3) is 3.78. The molecule has 0 aliphatic rings. The Balaban J connectivity index is 2.80. The summed E-state index contributed by atoms with van der Waals surface area (Å²) in [6.07, 6.45) is 0.741. The molecule has 0 heterocycles. The molecule has 0 aliphatic heterocycles. The lowest BCUT2D eigenvalue weighted by Gasteiger charge is -2.14. The van der Waals surface area contributed by atoms with Gasteiger partial charge in [-0.05, 0) is 30.7 Å². The molecule has 5 heteroatoms. The molecule has 0 spiro atoms. The van der Waals surface area contributed by atoms with E-state index >= 15 is 0 Å². The smallest absolute Gasteiger partial charge is 0.203 e. The first-order valence-corrected chi connectivity index (χ1v) is 5.87. The summed E-state index contributed by atoms with van der Waals surface area (Å²) in [7, 11) is 4.78. The fraction of sp³-hybridized carbons (Fsp3) is 0.538. The Bertz CT molecular complexity index is 343. The van der Waals surface area contributed by atoms with Gasteiger partial charge in [-0.3, -0.25) is 0 Å². The number of rotatable bonds is 8. The van der Waals surface area contributed by atoms with Crippen LogP contribution in [0.25, 0.3) is 0 Å². The van der Waals surface area contributed by atoms with Gasteiger partial charge in [0.1, 0.15) is 0 Å². The van der Waals surface area contributed by atoms with Gasteiger partial charge in [0.15, 0.2) is 11.5 Å². The molecule has 0 saturated heterocycles. The Hall–Kier alpha value is -1.46. The van der Waals surface area contributed by atoms with Crippen molar-refractivity contribution in [1.29, 1.82) is 0 Å². The van der Waals surface area contributed by atoms with Gasteiger partial charge in [-0.1, -0.05) is 0 Å². The number of aliphatic hydroxyl groups is 1. The zero-order valence-electron chi connectivity index (χ0n) is 11.2. The minimum atomic E-state index is 0.197. The van der Waals surface area contributed by atoms with Crippen molar-refractivity contribution in [2.75, 3.05) is 34.5 Å². The third-order valence-corrected chi connectivity index (χ3v) is 2.57. The molecular formula is C13H21NO4. The first-order valence-electron chi connectivity index (χ1n) is 5.87. The second-order valence-corrected chi connectivity index (χ2v) is 3.79. The van der Waals surface area contributed by atoms with Crippen molar-refractivity contribution in [3.8, 4) is 17.2 Å². The maximum Gasteiger partial charge on any atom is 0.203 e. The average molecular weight is 255 g/mol. The lowest BCUT2D eigenvalue weighted by atomic mass is 10.1. The topological polar surface area (TPSA) is 60.0 Å². The van der Waals surface area contributed by atoms with Crippen LogP contribution in [0.1, 0.15) is 12.0 Å². The summed E-state index contributed by atoms with van der Waals surface area (Å²) >= 11 is 0. The Morgan fingerprint density at radius 3 is 2.11 bits per heavy atom. The van der Waals surface area contributed by atoms with E-state index in [0.717, 1.165) is 18.5 Å². The van der Waals surface area contributed by atoms with Crippen LogP contribution < -0.4 is 19.5 Å². The molecule has 0 amide bonds. The predicted molar refractivity (Wildman–Crippen MR) is 69.5 cm³/mol. The molecule has 0 fully saturated rings. The predicted octanol–water partition coefficient (Wildman–Crippen LogP) is 1.18. The second kappa shape index (κ2) is 7.79. The quantitative estimate of drug-likeness (QED) is 0.683. The largest absolute Gasteiger partial charge is 0.493 e. The van der Waals surface area contributed by atoms with Gasteiger partial charge >= 0.3 is 0 Å². The van der Waals surface area contributed by atoms with E-state index in [-0.39, 0.29) is 6.61 Å². The lowest BCUT2D eigenvalue weighted by molar-refractivity contribution is 0.286. The van der Waals surface area contributed by atoms with Gasteiger partial charge in [-0.15, -0.1) is 0 Å². The van der Waals surface area contributed by atoms with Gasteiger partial charge in [0.2, 0.25) is 5.75 Å². The fourth-order valence-corrected chi connectivity index (χ4v) is 1.67. The summed E-state index contributed by atoms with van der Waals surface area (Å²) in [5.41, 5.74) is 1.04. The fourth-order valence-electron chi connectivity index (χ4n) is 1.67. The van der Waals surface area contributed by atoms with Crippen molar-refractivity contribution < 1.29 is 19.3 Å². The molecule has 2 N–H and O–H groups in total. The normalized spacial score (nSPS) is 10.2. The van der Waals surface area contributed by atoms with E-state index in [1.807, 2.05) is 12.1 Å². The Labute approximate surface area is 108 Å². The van der Waals surface area contributed by atoms with Gasteiger partial charge in [0.05, 0.1) is 21.3 Å². The van der Waals surface area contributed by atoms with Crippen LogP contribution in [0.2, 0.25) is 0 Å². The molecule has 102 valence electrons. The van der Waals surface area contributed by atoms with E-state index in [4.69, 9.17) is 19.3 Å². The van der Waals surface area contributed by atoms with E-state index in [1.54, 1.807) is 21.3 Å².